The highest BCUT2D eigenvalue weighted by Crippen LogP contribution is 2.41. The van der Waals surface area contributed by atoms with Gasteiger partial charge in [-0.1, -0.05) is 42.5 Å². The van der Waals surface area contributed by atoms with Crippen molar-refractivity contribution in [1.82, 2.24) is 9.61 Å². The first kappa shape index (κ1) is 17.7. The molecule has 0 saturated heterocycles. The lowest BCUT2D eigenvalue weighted by atomic mass is 9.98. The van der Waals surface area contributed by atoms with Crippen molar-refractivity contribution >= 4 is 17.3 Å². The summed E-state index contributed by atoms with van der Waals surface area (Å²) in [5, 5.41) is 4.49. The summed E-state index contributed by atoms with van der Waals surface area (Å²) in [5.41, 5.74) is 1.88. The lowest BCUT2D eigenvalue weighted by Crippen LogP contribution is -2.07. The highest BCUT2D eigenvalue weighted by molar-refractivity contribution is 7.98. The van der Waals surface area contributed by atoms with E-state index in [2.05, 4.69) is 5.10 Å². The predicted octanol–water partition coefficient (Wildman–Crippen LogP) is 6.41. The van der Waals surface area contributed by atoms with Crippen LogP contribution in [0.2, 0.25) is 0 Å². The van der Waals surface area contributed by atoms with Crippen LogP contribution in [0.25, 0.3) is 27.9 Å². The number of rotatable bonds is 3. The van der Waals surface area contributed by atoms with Gasteiger partial charge in [0.1, 0.15) is 5.69 Å². The summed E-state index contributed by atoms with van der Waals surface area (Å²) in [7, 11) is 0. The number of halogens is 3. The molecular weight excluding hydrogens is 369 g/mol. The molecule has 0 aliphatic rings. The maximum atomic E-state index is 13.7. The second kappa shape index (κ2) is 6.78. The van der Waals surface area contributed by atoms with E-state index in [1.165, 1.54) is 10.6 Å². The van der Waals surface area contributed by atoms with Crippen LogP contribution in [0, 0.1) is 0 Å². The van der Waals surface area contributed by atoms with Crippen molar-refractivity contribution in [3.05, 3.63) is 78.5 Å². The topological polar surface area (TPSA) is 17.3 Å². The number of benzene rings is 2. The van der Waals surface area contributed by atoms with E-state index in [9.17, 15) is 13.2 Å². The molecule has 0 bridgehead atoms. The predicted molar refractivity (Wildman–Crippen MR) is 103 cm³/mol. The molecule has 2 nitrogen and oxygen atoms in total. The van der Waals surface area contributed by atoms with E-state index in [-0.39, 0.29) is 5.52 Å². The molecule has 0 unspecified atom stereocenters. The zero-order valence-corrected chi connectivity index (χ0v) is 15.2. The standard InChI is InChI=1S/C21H15F3N2S/c1-27-16-11-9-14(10-12-16)18-19(15-6-3-2-4-7-15)25-26-13-5-8-17(20(18)26)21(22,23)24/h2-13H,1H3. The van der Waals surface area contributed by atoms with Crippen LogP contribution in [0.5, 0.6) is 0 Å². The average molecular weight is 384 g/mol. The quantitative estimate of drug-likeness (QED) is 0.380. The van der Waals surface area contributed by atoms with Crippen molar-refractivity contribution in [2.45, 2.75) is 11.1 Å². The van der Waals surface area contributed by atoms with Crippen molar-refractivity contribution < 1.29 is 13.2 Å². The van der Waals surface area contributed by atoms with Gasteiger partial charge in [-0.3, -0.25) is 0 Å². The van der Waals surface area contributed by atoms with Gasteiger partial charge in [-0.05, 0) is 36.1 Å². The van der Waals surface area contributed by atoms with Crippen LogP contribution in [0.4, 0.5) is 13.2 Å². The molecule has 136 valence electrons. The highest BCUT2D eigenvalue weighted by atomic mass is 32.2. The lowest BCUT2D eigenvalue weighted by Gasteiger charge is -2.11. The van der Waals surface area contributed by atoms with Crippen LogP contribution >= 0.6 is 11.8 Å². The van der Waals surface area contributed by atoms with Crippen molar-refractivity contribution in [2.75, 3.05) is 6.26 Å². The molecular formula is C21H15F3N2S. The Bertz CT molecular complexity index is 1080. The molecule has 0 spiro atoms. The van der Waals surface area contributed by atoms with Crippen LogP contribution in [0.3, 0.4) is 0 Å². The number of alkyl halides is 3. The van der Waals surface area contributed by atoms with Gasteiger partial charge in [0, 0.05) is 22.2 Å². The fourth-order valence-electron chi connectivity index (χ4n) is 3.16. The number of hydrogen-bond donors (Lipinski definition) is 0. The minimum absolute atomic E-state index is 0.0701. The lowest BCUT2D eigenvalue weighted by molar-refractivity contribution is -0.136. The molecule has 0 radical (unpaired) electrons. The van der Waals surface area contributed by atoms with Gasteiger partial charge < -0.3 is 0 Å². The number of fused-ring (bicyclic) bond motifs is 1. The van der Waals surface area contributed by atoms with Crippen LogP contribution < -0.4 is 0 Å². The van der Waals surface area contributed by atoms with Crippen LogP contribution in [-0.2, 0) is 6.18 Å². The van der Waals surface area contributed by atoms with E-state index in [1.807, 2.05) is 60.9 Å². The van der Waals surface area contributed by atoms with E-state index < -0.39 is 11.7 Å². The Hall–Kier alpha value is -2.73. The summed E-state index contributed by atoms with van der Waals surface area (Å²) in [6, 6.07) is 19.3. The molecule has 0 aliphatic carbocycles. The Balaban J connectivity index is 2.08. The molecule has 0 N–H and O–H groups in total. The molecule has 0 saturated carbocycles. The molecule has 27 heavy (non-hydrogen) atoms. The summed E-state index contributed by atoms with van der Waals surface area (Å²) >= 11 is 1.59. The van der Waals surface area contributed by atoms with Gasteiger partial charge in [-0.2, -0.15) is 18.3 Å². The first-order valence-electron chi connectivity index (χ1n) is 8.27. The number of thioether (sulfide) groups is 1. The van der Waals surface area contributed by atoms with Crippen molar-refractivity contribution in [3.8, 4) is 22.4 Å². The zero-order valence-electron chi connectivity index (χ0n) is 14.4. The Morgan fingerprint density at radius 3 is 2.19 bits per heavy atom. The SMILES string of the molecule is CSc1ccc(-c2c(-c3ccccc3)nn3cccc(C(F)(F)F)c23)cc1. The second-order valence-corrected chi connectivity index (χ2v) is 6.91. The maximum Gasteiger partial charge on any atom is 0.418 e. The Morgan fingerprint density at radius 2 is 1.56 bits per heavy atom. The van der Waals surface area contributed by atoms with E-state index in [0.29, 0.717) is 16.8 Å². The van der Waals surface area contributed by atoms with Crippen LogP contribution in [0.15, 0.2) is 77.8 Å². The zero-order chi connectivity index (χ0) is 19.0. The number of aromatic nitrogens is 2. The molecule has 0 atom stereocenters. The van der Waals surface area contributed by atoms with E-state index in [1.54, 1.807) is 18.0 Å². The van der Waals surface area contributed by atoms with E-state index >= 15 is 0 Å². The normalized spacial score (nSPS) is 11.9. The van der Waals surface area contributed by atoms with Gasteiger partial charge in [-0.25, -0.2) is 4.52 Å². The Morgan fingerprint density at radius 1 is 0.852 bits per heavy atom. The molecule has 4 rings (SSSR count). The van der Waals surface area contributed by atoms with Crippen LogP contribution in [0.1, 0.15) is 5.56 Å². The third kappa shape index (κ3) is 3.21. The van der Waals surface area contributed by atoms with Gasteiger partial charge in [0.2, 0.25) is 0 Å². The largest absolute Gasteiger partial charge is 0.418 e. The van der Waals surface area contributed by atoms with Gasteiger partial charge in [0.15, 0.2) is 0 Å². The molecule has 0 fully saturated rings. The molecule has 0 aliphatic heterocycles. The summed E-state index contributed by atoms with van der Waals surface area (Å²) in [6.45, 7) is 0. The third-order valence-corrected chi connectivity index (χ3v) is 5.13. The van der Waals surface area contributed by atoms with Crippen molar-refractivity contribution in [1.29, 1.82) is 0 Å². The monoisotopic (exact) mass is 384 g/mol. The number of hydrogen-bond acceptors (Lipinski definition) is 2. The maximum absolute atomic E-state index is 13.7. The fourth-order valence-corrected chi connectivity index (χ4v) is 3.57. The number of pyridine rings is 1. The average Bonchev–Trinajstić information content (AvgIpc) is 3.07. The highest BCUT2D eigenvalue weighted by Gasteiger charge is 2.35. The van der Waals surface area contributed by atoms with E-state index in [4.69, 9.17) is 0 Å². The molecule has 6 heteroatoms. The number of nitrogens with zero attached hydrogens (tertiary/aromatic N) is 2. The summed E-state index contributed by atoms with van der Waals surface area (Å²) < 4.78 is 42.4. The molecule has 0 amide bonds. The first-order chi connectivity index (χ1) is 13.0. The third-order valence-electron chi connectivity index (χ3n) is 4.39. The Kier molecular flexibility index (Phi) is 4.44. The summed E-state index contributed by atoms with van der Waals surface area (Å²) in [5.74, 6) is 0. The van der Waals surface area contributed by atoms with Gasteiger partial charge in [-0.15, -0.1) is 11.8 Å². The van der Waals surface area contributed by atoms with Crippen molar-refractivity contribution in [2.24, 2.45) is 0 Å². The van der Waals surface area contributed by atoms with Crippen LogP contribution in [-0.4, -0.2) is 15.9 Å². The van der Waals surface area contributed by atoms with E-state index in [0.717, 1.165) is 16.5 Å². The first-order valence-corrected chi connectivity index (χ1v) is 9.50. The molecule has 2 heterocycles. The molecule has 2 aromatic carbocycles. The van der Waals surface area contributed by atoms with Gasteiger partial charge in [0.25, 0.3) is 0 Å². The minimum atomic E-state index is -4.47. The second-order valence-electron chi connectivity index (χ2n) is 6.03. The summed E-state index contributed by atoms with van der Waals surface area (Å²) in [6.07, 6.45) is -0.956. The minimum Gasteiger partial charge on any atom is -0.239 e. The summed E-state index contributed by atoms with van der Waals surface area (Å²) in [4.78, 5) is 1.05. The molecule has 4 aromatic rings. The molecule has 2 aromatic heterocycles. The fraction of sp³-hybridized carbons (Fsp3) is 0.0952. The Labute approximate surface area is 158 Å². The smallest absolute Gasteiger partial charge is 0.239 e. The van der Waals surface area contributed by atoms with Crippen molar-refractivity contribution in [3.63, 3.8) is 0 Å². The van der Waals surface area contributed by atoms with Gasteiger partial charge >= 0.3 is 6.18 Å². The van der Waals surface area contributed by atoms with Gasteiger partial charge in [0.05, 0.1) is 11.1 Å².